The van der Waals surface area contributed by atoms with Crippen molar-refractivity contribution in [2.45, 2.75) is 26.7 Å². The molecule has 0 unspecified atom stereocenters. The van der Waals surface area contributed by atoms with Crippen LogP contribution in [0.15, 0.2) is 42.6 Å². The monoisotopic (exact) mass is 297 g/mol. The minimum atomic E-state index is 0.0383. The van der Waals surface area contributed by atoms with Crippen LogP contribution in [0.1, 0.15) is 35.5 Å². The molecule has 0 spiro atoms. The molecule has 0 saturated heterocycles. The first kappa shape index (κ1) is 16.0. The van der Waals surface area contributed by atoms with Crippen LogP contribution in [0.5, 0.6) is 0 Å². The van der Waals surface area contributed by atoms with E-state index in [4.69, 9.17) is 5.73 Å². The third-order valence-corrected chi connectivity index (χ3v) is 3.83. The number of rotatable bonds is 6. The first-order valence-electron chi connectivity index (χ1n) is 7.73. The predicted octanol–water partition coefficient (Wildman–Crippen LogP) is 2.93. The van der Waals surface area contributed by atoms with Gasteiger partial charge in [-0.15, -0.1) is 0 Å². The van der Waals surface area contributed by atoms with Gasteiger partial charge in [0.25, 0.3) is 5.91 Å². The molecule has 0 fully saturated rings. The standard InChI is InChI=1S/C18H23N3O/c1-3-21(4-2)18(22)15-10-12-16(20-13-15)11-9-14-7-5-6-8-17(14)19/h5-8,10,12-13H,3-4,9,11,19H2,1-2H3. The lowest BCUT2D eigenvalue weighted by molar-refractivity contribution is 0.0772. The van der Waals surface area contributed by atoms with Gasteiger partial charge in [0.05, 0.1) is 5.56 Å². The molecule has 0 radical (unpaired) electrons. The number of benzene rings is 1. The van der Waals surface area contributed by atoms with Gasteiger partial charge < -0.3 is 10.6 Å². The molecule has 0 atom stereocenters. The summed E-state index contributed by atoms with van der Waals surface area (Å²) in [6.07, 6.45) is 3.33. The molecule has 1 aromatic carbocycles. The Labute approximate surface area is 132 Å². The number of pyridine rings is 1. The number of nitrogens with zero attached hydrogens (tertiary/aromatic N) is 2. The highest BCUT2D eigenvalue weighted by Gasteiger charge is 2.12. The number of para-hydroxylation sites is 1. The number of carbonyl (C=O) groups is 1. The van der Waals surface area contributed by atoms with Crippen molar-refractivity contribution in [1.29, 1.82) is 0 Å². The van der Waals surface area contributed by atoms with E-state index in [2.05, 4.69) is 4.98 Å². The number of nitrogen functional groups attached to an aromatic ring is 1. The van der Waals surface area contributed by atoms with E-state index in [0.717, 1.165) is 29.8 Å². The number of aryl methyl sites for hydroxylation is 2. The van der Waals surface area contributed by atoms with E-state index < -0.39 is 0 Å². The second-order valence-corrected chi connectivity index (χ2v) is 5.21. The fraction of sp³-hybridized carbons (Fsp3) is 0.333. The highest BCUT2D eigenvalue weighted by atomic mass is 16.2. The maximum Gasteiger partial charge on any atom is 0.255 e. The van der Waals surface area contributed by atoms with Crippen molar-refractivity contribution in [3.05, 3.63) is 59.4 Å². The van der Waals surface area contributed by atoms with E-state index in [0.29, 0.717) is 18.7 Å². The van der Waals surface area contributed by atoms with Crippen LogP contribution in [0.25, 0.3) is 0 Å². The minimum absolute atomic E-state index is 0.0383. The molecule has 0 aliphatic heterocycles. The molecule has 2 rings (SSSR count). The molecule has 0 aliphatic carbocycles. The molecule has 0 bridgehead atoms. The van der Waals surface area contributed by atoms with Crippen molar-refractivity contribution in [3.63, 3.8) is 0 Å². The summed E-state index contributed by atoms with van der Waals surface area (Å²) in [5.41, 5.74) is 9.51. The fourth-order valence-electron chi connectivity index (χ4n) is 2.42. The lowest BCUT2D eigenvalue weighted by Gasteiger charge is -2.18. The Morgan fingerprint density at radius 2 is 1.82 bits per heavy atom. The first-order chi connectivity index (χ1) is 10.7. The molecule has 2 N–H and O–H groups in total. The van der Waals surface area contributed by atoms with Crippen LogP contribution in [-0.2, 0) is 12.8 Å². The number of carbonyl (C=O) groups excluding carboxylic acids is 1. The van der Waals surface area contributed by atoms with Crippen LogP contribution in [0, 0.1) is 0 Å². The number of aromatic nitrogens is 1. The number of amides is 1. The van der Waals surface area contributed by atoms with E-state index >= 15 is 0 Å². The van der Waals surface area contributed by atoms with Gasteiger partial charge in [0, 0.05) is 30.7 Å². The predicted molar refractivity (Wildman–Crippen MR) is 89.8 cm³/mol. The average molecular weight is 297 g/mol. The topological polar surface area (TPSA) is 59.2 Å². The van der Waals surface area contributed by atoms with Gasteiger partial charge in [-0.25, -0.2) is 0 Å². The largest absolute Gasteiger partial charge is 0.399 e. The van der Waals surface area contributed by atoms with Crippen LogP contribution in [0.4, 0.5) is 5.69 Å². The summed E-state index contributed by atoms with van der Waals surface area (Å²) < 4.78 is 0. The number of nitrogens with two attached hydrogens (primary N) is 1. The van der Waals surface area contributed by atoms with Gasteiger partial charge in [-0.3, -0.25) is 9.78 Å². The number of hydrogen-bond donors (Lipinski definition) is 1. The second kappa shape index (κ2) is 7.59. The maximum atomic E-state index is 12.2. The molecule has 1 aromatic heterocycles. The number of anilines is 1. The van der Waals surface area contributed by atoms with E-state index in [1.165, 1.54) is 0 Å². The first-order valence-corrected chi connectivity index (χ1v) is 7.73. The van der Waals surface area contributed by atoms with Crippen LogP contribution in [0.2, 0.25) is 0 Å². The minimum Gasteiger partial charge on any atom is -0.399 e. The van der Waals surface area contributed by atoms with E-state index in [-0.39, 0.29) is 5.91 Å². The highest BCUT2D eigenvalue weighted by molar-refractivity contribution is 5.93. The molecule has 116 valence electrons. The Balaban J connectivity index is 2.00. The molecule has 4 heteroatoms. The second-order valence-electron chi connectivity index (χ2n) is 5.21. The van der Waals surface area contributed by atoms with Gasteiger partial charge in [0.15, 0.2) is 0 Å². The Kier molecular flexibility index (Phi) is 5.53. The fourth-order valence-corrected chi connectivity index (χ4v) is 2.42. The Morgan fingerprint density at radius 1 is 1.09 bits per heavy atom. The molecule has 1 heterocycles. The van der Waals surface area contributed by atoms with Crippen LogP contribution < -0.4 is 5.73 Å². The average Bonchev–Trinajstić information content (AvgIpc) is 2.55. The highest BCUT2D eigenvalue weighted by Crippen LogP contribution is 2.14. The number of hydrogen-bond acceptors (Lipinski definition) is 3. The SMILES string of the molecule is CCN(CC)C(=O)c1ccc(CCc2ccccc2N)nc1. The van der Waals surface area contributed by atoms with Gasteiger partial charge in [-0.05, 0) is 50.5 Å². The Bertz CT molecular complexity index is 618. The van der Waals surface area contributed by atoms with E-state index in [1.807, 2.05) is 50.2 Å². The molecule has 1 amide bonds. The summed E-state index contributed by atoms with van der Waals surface area (Å²) in [5, 5.41) is 0. The smallest absolute Gasteiger partial charge is 0.255 e. The van der Waals surface area contributed by atoms with Crippen molar-refractivity contribution in [3.8, 4) is 0 Å². The Hall–Kier alpha value is -2.36. The molecule has 0 aliphatic rings. The molecular formula is C18H23N3O. The third kappa shape index (κ3) is 3.85. The summed E-state index contributed by atoms with van der Waals surface area (Å²) in [4.78, 5) is 18.4. The van der Waals surface area contributed by atoms with E-state index in [9.17, 15) is 4.79 Å². The molecule has 4 nitrogen and oxygen atoms in total. The Morgan fingerprint density at radius 3 is 2.41 bits per heavy atom. The van der Waals surface area contributed by atoms with Crippen LogP contribution in [-0.4, -0.2) is 28.9 Å². The summed E-state index contributed by atoms with van der Waals surface area (Å²) in [5.74, 6) is 0.0383. The van der Waals surface area contributed by atoms with Gasteiger partial charge in [-0.2, -0.15) is 0 Å². The molecule has 2 aromatic rings. The van der Waals surface area contributed by atoms with Gasteiger partial charge in [0.1, 0.15) is 0 Å². The summed E-state index contributed by atoms with van der Waals surface area (Å²) in [7, 11) is 0. The molecule has 0 saturated carbocycles. The van der Waals surface area contributed by atoms with Crippen molar-refractivity contribution in [2.24, 2.45) is 0 Å². The quantitative estimate of drug-likeness (QED) is 0.834. The van der Waals surface area contributed by atoms with E-state index in [1.54, 1.807) is 11.1 Å². The van der Waals surface area contributed by atoms with Gasteiger partial charge in [-0.1, -0.05) is 18.2 Å². The summed E-state index contributed by atoms with van der Waals surface area (Å²) >= 11 is 0. The third-order valence-electron chi connectivity index (χ3n) is 3.83. The zero-order chi connectivity index (χ0) is 15.9. The summed E-state index contributed by atoms with van der Waals surface area (Å²) in [6.45, 7) is 5.38. The summed E-state index contributed by atoms with van der Waals surface area (Å²) in [6, 6.07) is 11.7. The maximum absolute atomic E-state index is 12.2. The lowest BCUT2D eigenvalue weighted by atomic mass is 10.1. The molecule has 22 heavy (non-hydrogen) atoms. The van der Waals surface area contributed by atoms with Crippen molar-refractivity contribution >= 4 is 11.6 Å². The lowest BCUT2D eigenvalue weighted by Crippen LogP contribution is -2.30. The van der Waals surface area contributed by atoms with Crippen LogP contribution >= 0.6 is 0 Å². The van der Waals surface area contributed by atoms with Gasteiger partial charge in [0.2, 0.25) is 0 Å². The van der Waals surface area contributed by atoms with Crippen LogP contribution in [0.3, 0.4) is 0 Å². The van der Waals surface area contributed by atoms with Crippen molar-refractivity contribution in [2.75, 3.05) is 18.8 Å². The van der Waals surface area contributed by atoms with Gasteiger partial charge >= 0.3 is 0 Å². The van der Waals surface area contributed by atoms with Crippen molar-refractivity contribution in [1.82, 2.24) is 9.88 Å². The normalized spacial score (nSPS) is 10.5. The zero-order valence-electron chi connectivity index (χ0n) is 13.2. The zero-order valence-corrected chi connectivity index (χ0v) is 13.2. The molecular weight excluding hydrogens is 274 g/mol. The van der Waals surface area contributed by atoms with Crippen molar-refractivity contribution < 1.29 is 4.79 Å².